The summed E-state index contributed by atoms with van der Waals surface area (Å²) < 4.78 is 3.36. The minimum Gasteiger partial charge on any atom is -0.464 e. The van der Waals surface area contributed by atoms with Crippen LogP contribution in [0.25, 0.3) is 10.9 Å². The van der Waals surface area contributed by atoms with E-state index in [-0.39, 0.29) is 11.6 Å². The number of benzene rings is 1. The van der Waals surface area contributed by atoms with Crippen molar-refractivity contribution in [2.75, 3.05) is 12.3 Å². The zero-order valence-electron chi connectivity index (χ0n) is 15.2. The zero-order valence-corrected chi connectivity index (χ0v) is 15.2. The first-order valence-corrected chi connectivity index (χ1v) is 8.73. The lowest BCUT2D eigenvalue weighted by molar-refractivity contribution is 0.197. The van der Waals surface area contributed by atoms with E-state index in [0.717, 1.165) is 35.3 Å². The molecule has 3 heterocycles. The van der Waals surface area contributed by atoms with Crippen molar-refractivity contribution < 1.29 is 9.90 Å². The monoisotopic (exact) mass is 353 g/mol. The average molecular weight is 353 g/mol. The fourth-order valence-electron chi connectivity index (χ4n) is 3.99. The fraction of sp³-hybridized carbons (Fsp3) is 0.368. The van der Waals surface area contributed by atoms with Gasteiger partial charge >= 0.3 is 6.09 Å². The Kier molecular flexibility index (Phi) is 3.59. The molecule has 0 radical (unpaired) electrons. The van der Waals surface area contributed by atoms with Gasteiger partial charge in [0.15, 0.2) is 0 Å². The summed E-state index contributed by atoms with van der Waals surface area (Å²) in [6, 6.07) is 7.35. The molecule has 1 aromatic carbocycles. The topological polar surface area (TPSA) is 98.1 Å². The van der Waals surface area contributed by atoms with E-state index in [0.29, 0.717) is 11.5 Å². The van der Waals surface area contributed by atoms with Gasteiger partial charge in [-0.25, -0.2) is 9.78 Å². The summed E-state index contributed by atoms with van der Waals surface area (Å²) >= 11 is 0. The molecule has 0 saturated heterocycles. The predicted octanol–water partition coefficient (Wildman–Crippen LogP) is 2.94. The van der Waals surface area contributed by atoms with E-state index in [1.54, 1.807) is 6.20 Å². The van der Waals surface area contributed by atoms with Crippen LogP contribution in [-0.4, -0.2) is 31.9 Å². The molecule has 3 aromatic rings. The molecular formula is C19H23N5O2. The van der Waals surface area contributed by atoms with Gasteiger partial charge in [-0.15, -0.1) is 0 Å². The Bertz CT molecular complexity index is 1010. The second-order valence-corrected chi connectivity index (χ2v) is 7.70. The molecule has 136 valence electrons. The molecule has 1 aliphatic heterocycles. The summed E-state index contributed by atoms with van der Waals surface area (Å²) in [6.45, 7) is 7.11. The lowest BCUT2D eigenvalue weighted by Crippen LogP contribution is -2.34. The first-order chi connectivity index (χ1) is 12.3. The molecule has 7 nitrogen and oxygen atoms in total. The molecule has 4 N–H and O–H groups in total. The van der Waals surface area contributed by atoms with Gasteiger partial charge in [-0.05, 0) is 26.8 Å². The van der Waals surface area contributed by atoms with Gasteiger partial charge in [0, 0.05) is 41.3 Å². The summed E-state index contributed by atoms with van der Waals surface area (Å²) in [5, 5.41) is 13.9. The van der Waals surface area contributed by atoms with E-state index in [9.17, 15) is 9.90 Å². The number of fused-ring (bicyclic) bond motifs is 2. The van der Waals surface area contributed by atoms with Crippen molar-refractivity contribution in [2.24, 2.45) is 0 Å². The van der Waals surface area contributed by atoms with E-state index in [2.05, 4.69) is 35.6 Å². The molecular weight excluding hydrogens is 330 g/mol. The highest BCUT2D eigenvalue weighted by atomic mass is 16.4. The van der Waals surface area contributed by atoms with Gasteiger partial charge in [0.05, 0.1) is 17.3 Å². The number of carboxylic acid groups (broad SMARTS) is 1. The number of anilines is 1. The van der Waals surface area contributed by atoms with E-state index in [1.165, 1.54) is 4.57 Å². The third kappa shape index (κ3) is 2.39. The summed E-state index contributed by atoms with van der Waals surface area (Å²) in [5.74, 6) is 0.498. The zero-order chi connectivity index (χ0) is 18.6. The first kappa shape index (κ1) is 16.7. The van der Waals surface area contributed by atoms with Gasteiger partial charge in [-0.1, -0.05) is 18.2 Å². The summed E-state index contributed by atoms with van der Waals surface area (Å²) in [5.41, 5.74) is 9.65. The Balaban J connectivity index is 1.93. The van der Waals surface area contributed by atoms with Gasteiger partial charge in [-0.3, -0.25) is 4.57 Å². The molecule has 0 saturated carbocycles. The van der Waals surface area contributed by atoms with Crippen LogP contribution < -0.4 is 11.1 Å². The molecule has 1 unspecified atom stereocenters. The molecule has 1 aliphatic rings. The van der Waals surface area contributed by atoms with E-state index < -0.39 is 6.09 Å². The third-order valence-corrected chi connectivity index (χ3v) is 4.94. The molecule has 7 heteroatoms. The number of para-hydroxylation sites is 1. The molecule has 0 bridgehead atoms. The number of carbonyl (C=O) groups is 1. The number of nitrogen functional groups attached to an aromatic ring is 1. The SMILES string of the molecule is CC(C)(C)n1c(N)nc2c1CCNC2c1cn(C(=O)O)c2ccccc12. The molecule has 0 amide bonds. The molecule has 2 aromatic heterocycles. The number of rotatable bonds is 1. The highest BCUT2D eigenvalue weighted by molar-refractivity contribution is 5.92. The highest BCUT2D eigenvalue weighted by Crippen LogP contribution is 2.36. The van der Waals surface area contributed by atoms with Crippen LogP contribution in [0.1, 0.15) is 43.8 Å². The largest absolute Gasteiger partial charge is 0.464 e. The van der Waals surface area contributed by atoms with E-state index >= 15 is 0 Å². The maximum Gasteiger partial charge on any atom is 0.416 e. The van der Waals surface area contributed by atoms with Crippen molar-refractivity contribution >= 4 is 22.9 Å². The van der Waals surface area contributed by atoms with Crippen molar-refractivity contribution in [2.45, 2.75) is 38.8 Å². The number of nitrogens with two attached hydrogens (primary N) is 1. The van der Waals surface area contributed by atoms with Crippen molar-refractivity contribution in [3.05, 3.63) is 47.4 Å². The lowest BCUT2D eigenvalue weighted by Gasteiger charge is -2.29. The standard InChI is InChI=1S/C19H23N5O2/c1-19(2,3)24-14-8-9-21-15(16(14)22-17(24)20)12-10-23(18(25)26)13-7-5-4-6-11(12)13/h4-7,10,15,21H,8-9H2,1-3H3,(H2,20,22)(H,25,26). The average Bonchev–Trinajstić information content (AvgIpc) is 3.11. The van der Waals surface area contributed by atoms with Crippen LogP contribution in [0.2, 0.25) is 0 Å². The van der Waals surface area contributed by atoms with Crippen LogP contribution in [-0.2, 0) is 12.0 Å². The van der Waals surface area contributed by atoms with Crippen molar-refractivity contribution in [3.8, 4) is 0 Å². The maximum atomic E-state index is 11.6. The molecule has 0 spiro atoms. The molecule has 4 rings (SSSR count). The highest BCUT2D eigenvalue weighted by Gasteiger charge is 2.33. The Morgan fingerprint density at radius 2 is 2.08 bits per heavy atom. The second kappa shape index (κ2) is 5.60. The molecule has 0 aliphatic carbocycles. The van der Waals surface area contributed by atoms with Crippen molar-refractivity contribution in [3.63, 3.8) is 0 Å². The summed E-state index contributed by atoms with van der Waals surface area (Å²) in [4.78, 5) is 16.3. The quantitative estimate of drug-likeness (QED) is 0.625. The minimum absolute atomic E-state index is 0.165. The predicted molar refractivity (Wildman–Crippen MR) is 101 cm³/mol. The maximum absolute atomic E-state index is 11.6. The van der Waals surface area contributed by atoms with Crippen LogP contribution in [0.4, 0.5) is 10.7 Å². The Morgan fingerprint density at radius 1 is 1.35 bits per heavy atom. The van der Waals surface area contributed by atoms with Crippen LogP contribution in [0.5, 0.6) is 0 Å². The van der Waals surface area contributed by atoms with Crippen molar-refractivity contribution in [1.29, 1.82) is 0 Å². The molecule has 26 heavy (non-hydrogen) atoms. The van der Waals surface area contributed by atoms with Crippen LogP contribution >= 0.6 is 0 Å². The number of nitrogens with one attached hydrogen (secondary N) is 1. The number of imidazole rings is 1. The van der Waals surface area contributed by atoms with Gasteiger partial charge in [0.25, 0.3) is 0 Å². The van der Waals surface area contributed by atoms with Crippen LogP contribution in [0, 0.1) is 0 Å². The Morgan fingerprint density at radius 3 is 2.77 bits per heavy atom. The first-order valence-electron chi connectivity index (χ1n) is 8.73. The number of hydrogen-bond donors (Lipinski definition) is 3. The normalized spacial score (nSPS) is 17.4. The number of nitrogens with zero attached hydrogens (tertiary/aromatic N) is 3. The summed E-state index contributed by atoms with van der Waals surface area (Å²) in [6.07, 6.45) is 1.53. The molecule has 0 fully saturated rings. The number of hydrogen-bond acceptors (Lipinski definition) is 4. The number of aromatic nitrogens is 3. The van der Waals surface area contributed by atoms with Gasteiger partial charge in [-0.2, -0.15) is 0 Å². The lowest BCUT2D eigenvalue weighted by atomic mass is 9.96. The van der Waals surface area contributed by atoms with Crippen molar-refractivity contribution in [1.82, 2.24) is 19.4 Å². The van der Waals surface area contributed by atoms with E-state index in [4.69, 9.17) is 5.73 Å². The summed E-state index contributed by atoms with van der Waals surface area (Å²) in [7, 11) is 0. The smallest absolute Gasteiger partial charge is 0.416 e. The second-order valence-electron chi connectivity index (χ2n) is 7.70. The fourth-order valence-corrected chi connectivity index (χ4v) is 3.99. The van der Waals surface area contributed by atoms with Gasteiger partial charge in [0.1, 0.15) is 0 Å². The van der Waals surface area contributed by atoms with Gasteiger partial charge in [0.2, 0.25) is 5.95 Å². The Labute approximate surface area is 151 Å². The van der Waals surface area contributed by atoms with Crippen LogP contribution in [0.15, 0.2) is 30.5 Å². The third-order valence-electron chi connectivity index (χ3n) is 4.94. The minimum atomic E-state index is -0.997. The van der Waals surface area contributed by atoms with E-state index in [1.807, 2.05) is 24.3 Å². The Hall–Kier alpha value is -2.80. The molecule has 1 atom stereocenters. The van der Waals surface area contributed by atoms with Gasteiger partial charge < -0.3 is 20.7 Å². The van der Waals surface area contributed by atoms with Crippen LogP contribution in [0.3, 0.4) is 0 Å².